The lowest BCUT2D eigenvalue weighted by molar-refractivity contribution is -0.114. The van der Waals surface area contributed by atoms with E-state index in [1.165, 1.54) is 18.9 Å². The molecule has 0 atom stereocenters. The number of amides is 3. The molecule has 0 saturated heterocycles. The van der Waals surface area contributed by atoms with Crippen LogP contribution in [-0.4, -0.2) is 37.7 Å². The Balaban J connectivity index is 1.22. The van der Waals surface area contributed by atoms with E-state index < -0.39 is 11.8 Å². The molecule has 0 radical (unpaired) electrons. The second-order valence-corrected chi connectivity index (χ2v) is 11.7. The minimum Gasteiger partial charge on any atom is -0.497 e. The molecule has 5 aromatic rings. The molecule has 0 aliphatic heterocycles. The maximum atomic E-state index is 13.5. The predicted molar refractivity (Wildman–Crippen MR) is 193 cm³/mol. The van der Waals surface area contributed by atoms with Gasteiger partial charge >= 0.3 is 0 Å². The van der Waals surface area contributed by atoms with E-state index in [0.717, 1.165) is 10.5 Å². The highest BCUT2D eigenvalue weighted by atomic mass is 32.2. The van der Waals surface area contributed by atoms with Crippen LogP contribution in [0, 0.1) is 0 Å². The highest BCUT2D eigenvalue weighted by molar-refractivity contribution is 8.00. The van der Waals surface area contributed by atoms with Gasteiger partial charge in [0.2, 0.25) is 5.91 Å². The summed E-state index contributed by atoms with van der Waals surface area (Å²) in [6.07, 6.45) is 1.61. The molecule has 0 saturated carbocycles. The fourth-order valence-electron chi connectivity index (χ4n) is 4.58. The Morgan fingerprint density at radius 2 is 1.39 bits per heavy atom. The van der Waals surface area contributed by atoms with E-state index in [4.69, 9.17) is 14.2 Å². The Morgan fingerprint density at radius 1 is 0.714 bits per heavy atom. The van der Waals surface area contributed by atoms with Crippen molar-refractivity contribution in [2.24, 2.45) is 0 Å². The summed E-state index contributed by atoms with van der Waals surface area (Å²) in [5.74, 6) is 0.841. The minimum absolute atomic E-state index is 0.0656. The summed E-state index contributed by atoms with van der Waals surface area (Å²) in [5, 5.41) is 8.46. The number of anilines is 2. The van der Waals surface area contributed by atoms with Crippen molar-refractivity contribution in [3.05, 3.63) is 150 Å². The maximum Gasteiger partial charge on any atom is 0.272 e. The molecule has 49 heavy (non-hydrogen) atoms. The summed E-state index contributed by atoms with van der Waals surface area (Å²) in [6.45, 7) is 0.431. The van der Waals surface area contributed by atoms with Crippen molar-refractivity contribution in [3.63, 3.8) is 0 Å². The first-order valence-corrected chi connectivity index (χ1v) is 16.3. The molecule has 3 amide bonds. The molecule has 0 unspecified atom stereocenters. The summed E-state index contributed by atoms with van der Waals surface area (Å²) >= 11 is 1.34. The van der Waals surface area contributed by atoms with Gasteiger partial charge in [-0.15, -0.1) is 11.8 Å². The highest BCUT2D eigenvalue weighted by Gasteiger charge is 2.16. The molecular weight excluding hydrogens is 639 g/mol. The van der Waals surface area contributed by atoms with E-state index >= 15 is 0 Å². The van der Waals surface area contributed by atoms with Crippen molar-refractivity contribution < 1.29 is 28.6 Å². The summed E-state index contributed by atoms with van der Waals surface area (Å²) in [7, 11) is 3.08. The highest BCUT2D eigenvalue weighted by Crippen LogP contribution is 2.29. The first-order chi connectivity index (χ1) is 23.9. The first kappa shape index (κ1) is 34.3. The van der Waals surface area contributed by atoms with Crippen LogP contribution in [0.2, 0.25) is 0 Å². The fourth-order valence-corrected chi connectivity index (χ4v) is 5.28. The molecule has 0 aromatic heterocycles. The van der Waals surface area contributed by atoms with Gasteiger partial charge in [-0.2, -0.15) is 0 Å². The number of nitrogens with one attached hydrogen (secondary N) is 3. The standard InChI is InChI=1S/C39H35N3O6S/c1-46-32-19-22-34(36(24-32)47-2)41-37(43)26-49-33-20-15-30(16-21-33)40-39(45)35(42-38(44)29-11-7-4-8-12-29)23-27-13-17-31(18-14-27)48-25-28-9-5-3-6-10-28/h3-24H,25-26H2,1-2H3,(H,40,45)(H,41,43)(H,42,44)/b35-23-. The second-order valence-electron chi connectivity index (χ2n) is 10.6. The van der Waals surface area contributed by atoms with Crippen molar-refractivity contribution in [2.75, 3.05) is 30.6 Å². The van der Waals surface area contributed by atoms with E-state index in [1.807, 2.05) is 72.8 Å². The minimum atomic E-state index is -0.498. The first-order valence-electron chi connectivity index (χ1n) is 15.3. The van der Waals surface area contributed by atoms with Crippen LogP contribution in [0.4, 0.5) is 11.4 Å². The Bertz CT molecular complexity index is 1900. The number of rotatable bonds is 14. The SMILES string of the molecule is COc1ccc(NC(=O)CSc2ccc(NC(=O)/C(=C/c3ccc(OCc4ccccc4)cc3)NC(=O)c3ccccc3)cc2)c(OC)c1. The number of thioether (sulfide) groups is 1. The number of hydrogen-bond acceptors (Lipinski definition) is 7. The van der Waals surface area contributed by atoms with Crippen LogP contribution in [0.15, 0.2) is 138 Å². The average molecular weight is 674 g/mol. The van der Waals surface area contributed by atoms with Crippen LogP contribution in [-0.2, 0) is 16.2 Å². The topological polar surface area (TPSA) is 115 Å². The quantitative estimate of drug-likeness (QED) is 0.0830. The summed E-state index contributed by atoms with van der Waals surface area (Å²) in [6, 6.07) is 38.0. The van der Waals surface area contributed by atoms with E-state index in [2.05, 4.69) is 16.0 Å². The zero-order valence-corrected chi connectivity index (χ0v) is 27.8. The number of hydrogen-bond donors (Lipinski definition) is 3. The van der Waals surface area contributed by atoms with Crippen molar-refractivity contribution in [1.29, 1.82) is 0 Å². The number of carbonyl (C=O) groups excluding carboxylic acids is 3. The Hall–Kier alpha value is -6.00. The number of carbonyl (C=O) groups is 3. The molecule has 248 valence electrons. The van der Waals surface area contributed by atoms with Crippen molar-refractivity contribution >= 4 is 46.9 Å². The average Bonchev–Trinajstić information content (AvgIpc) is 3.14. The largest absolute Gasteiger partial charge is 0.497 e. The van der Waals surface area contributed by atoms with Gasteiger partial charge in [0, 0.05) is 22.2 Å². The maximum absolute atomic E-state index is 13.5. The Morgan fingerprint density at radius 3 is 2.06 bits per heavy atom. The van der Waals surface area contributed by atoms with Crippen molar-refractivity contribution in [3.8, 4) is 17.2 Å². The zero-order chi connectivity index (χ0) is 34.4. The lowest BCUT2D eigenvalue weighted by Crippen LogP contribution is -2.30. The lowest BCUT2D eigenvalue weighted by Gasteiger charge is -2.13. The van der Waals surface area contributed by atoms with E-state index in [9.17, 15) is 14.4 Å². The molecular formula is C39H35N3O6S. The van der Waals surface area contributed by atoms with Gasteiger partial charge < -0.3 is 30.2 Å². The summed E-state index contributed by atoms with van der Waals surface area (Å²) in [5.41, 5.74) is 3.30. The van der Waals surface area contributed by atoms with Crippen molar-refractivity contribution in [2.45, 2.75) is 11.5 Å². The molecule has 0 aliphatic rings. The van der Waals surface area contributed by atoms with Gasteiger partial charge in [0.1, 0.15) is 29.6 Å². The predicted octanol–water partition coefficient (Wildman–Crippen LogP) is 7.42. The Labute approximate surface area is 289 Å². The number of methoxy groups -OCH3 is 2. The van der Waals surface area contributed by atoms with Gasteiger partial charge in [-0.3, -0.25) is 14.4 Å². The number of ether oxygens (including phenoxy) is 3. The van der Waals surface area contributed by atoms with Gasteiger partial charge in [-0.1, -0.05) is 60.7 Å². The van der Waals surface area contributed by atoms with Crippen LogP contribution in [0.1, 0.15) is 21.5 Å². The molecule has 0 bridgehead atoms. The molecule has 0 aliphatic carbocycles. The van der Waals surface area contributed by atoms with Crippen LogP contribution < -0.4 is 30.2 Å². The second kappa shape index (κ2) is 17.2. The third-order valence-corrected chi connectivity index (χ3v) is 8.15. The fraction of sp³-hybridized carbons (Fsp3) is 0.103. The molecule has 10 heteroatoms. The molecule has 5 aromatic carbocycles. The lowest BCUT2D eigenvalue weighted by atomic mass is 10.1. The third-order valence-electron chi connectivity index (χ3n) is 7.13. The van der Waals surface area contributed by atoms with E-state index in [0.29, 0.717) is 46.4 Å². The van der Waals surface area contributed by atoms with Gasteiger partial charge in [0.25, 0.3) is 11.8 Å². The van der Waals surface area contributed by atoms with Crippen LogP contribution in [0.25, 0.3) is 6.08 Å². The monoisotopic (exact) mass is 673 g/mol. The molecule has 9 nitrogen and oxygen atoms in total. The normalized spacial score (nSPS) is 10.9. The van der Waals surface area contributed by atoms with Crippen LogP contribution in [0.3, 0.4) is 0 Å². The summed E-state index contributed by atoms with van der Waals surface area (Å²) in [4.78, 5) is 40.0. The Kier molecular flexibility index (Phi) is 12.1. The summed E-state index contributed by atoms with van der Waals surface area (Å²) < 4.78 is 16.4. The molecule has 5 rings (SSSR count). The number of benzene rings is 5. The van der Waals surface area contributed by atoms with Gasteiger partial charge in [-0.05, 0) is 77.9 Å². The molecule has 0 heterocycles. The van der Waals surface area contributed by atoms with Gasteiger partial charge in [-0.25, -0.2) is 0 Å². The third kappa shape index (κ3) is 10.2. The van der Waals surface area contributed by atoms with Crippen LogP contribution >= 0.6 is 11.8 Å². The van der Waals surface area contributed by atoms with E-state index in [1.54, 1.807) is 67.8 Å². The van der Waals surface area contributed by atoms with Crippen molar-refractivity contribution in [1.82, 2.24) is 5.32 Å². The van der Waals surface area contributed by atoms with Crippen LogP contribution in [0.5, 0.6) is 17.2 Å². The van der Waals surface area contributed by atoms with E-state index in [-0.39, 0.29) is 17.4 Å². The molecule has 0 fully saturated rings. The zero-order valence-electron chi connectivity index (χ0n) is 27.0. The van der Waals surface area contributed by atoms with Gasteiger partial charge in [0.15, 0.2) is 0 Å². The molecule has 3 N–H and O–H groups in total. The van der Waals surface area contributed by atoms with Gasteiger partial charge in [0.05, 0.1) is 25.7 Å². The molecule has 0 spiro atoms. The smallest absolute Gasteiger partial charge is 0.272 e.